The molecular weight excluding hydrogens is 238 g/mol. The molecule has 1 heterocycles. The molecule has 0 spiro atoms. The summed E-state index contributed by atoms with van der Waals surface area (Å²) in [5.74, 6) is 0.759. The first-order valence-corrected chi connectivity index (χ1v) is 7.26. The van der Waals surface area contributed by atoms with Crippen molar-refractivity contribution in [2.75, 3.05) is 18.5 Å². The molecule has 0 aliphatic heterocycles. The third-order valence-electron chi connectivity index (χ3n) is 4.13. The Balaban J connectivity index is 1.97. The lowest BCUT2D eigenvalue weighted by molar-refractivity contribution is 0.339. The van der Waals surface area contributed by atoms with Crippen LogP contribution in [0.25, 0.3) is 0 Å². The highest BCUT2D eigenvalue weighted by Crippen LogP contribution is 2.24. The molecule has 1 aliphatic carbocycles. The second-order valence-electron chi connectivity index (χ2n) is 5.46. The van der Waals surface area contributed by atoms with Crippen LogP contribution in [-0.2, 0) is 0 Å². The Morgan fingerprint density at radius 2 is 1.79 bits per heavy atom. The third kappa shape index (κ3) is 3.41. The molecule has 0 radical (unpaired) electrons. The SMILES string of the molecule is CCNC1CCC(N(C)c2nnc(C)c(C)n2)CC1. The topological polar surface area (TPSA) is 53.9 Å². The number of aryl methyl sites for hydroxylation is 2. The first-order valence-electron chi connectivity index (χ1n) is 7.26. The van der Waals surface area contributed by atoms with E-state index < -0.39 is 0 Å². The van der Waals surface area contributed by atoms with Gasteiger partial charge >= 0.3 is 0 Å². The molecule has 1 fully saturated rings. The maximum absolute atomic E-state index is 4.54. The number of nitrogens with one attached hydrogen (secondary N) is 1. The van der Waals surface area contributed by atoms with Gasteiger partial charge in [0.15, 0.2) is 0 Å². The van der Waals surface area contributed by atoms with Gasteiger partial charge in [-0.3, -0.25) is 0 Å². The van der Waals surface area contributed by atoms with E-state index in [4.69, 9.17) is 0 Å². The van der Waals surface area contributed by atoms with Crippen LogP contribution in [0.2, 0.25) is 0 Å². The Hall–Kier alpha value is -1.23. The van der Waals surface area contributed by atoms with E-state index in [1.54, 1.807) is 0 Å². The van der Waals surface area contributed by atoms with Crippen molar-refractivity contribution in [2.45, 2.75) is 58.5 Å². The molecule has 1 N–H and O–H groups in total. The van der Waals surface area contributed by atoms with Gasteiger partial charge in [0, 0.05) is 19.1 Å². The standard InChI is InChI=1S/C14H25N5/c1-5-15-12-6-8-13(9-7-12)19(4)14-16-10(2)11(3)17-18-14/h12-13,15H,5-9H2,1-4H3. The van der Waals surface area contributed by atoms with Gasteiger partial charge in [-0.25, -0.2) is 4.98 Å². The monoisotopic (exact) mass is 263 g/mol. The first kappa shape index (κ1) is 14.2. The molecule has 0 bridgehead atoms. The molecule has 1 aromatic rings. The highest BCUT2D eigenvalue weighted by molar-refractivity contribution is 5.30. The maximum atomic E-state index is 4.54. The average molecular weight is 263 g/mol. The quantitative estimate of drug-likeness (QED) is 0.898. The fourth-order valence-electron chi connectivity index (χ4n) is 2.71. The maximum Gasteiger partial charge on any atom is 0.245 e. The smallest absolute Gasteiger partial charge is 0.245 e. The molecule has 1 aliphatic rings. The van der Waals surface area contributed by atoms with Gasteiger partial charge in [-0.1, -0.05) is 6.92 Å². The molecular formula is C14H25N5. The molecule has 0 saturated heterocycles. The van der Waals surface area contributed by atoms with Crippen molar-refractivity contribution < 1.29 is 0 Å². The largest absolute Gasteiger partial charge is 0.340 e. The number of hydrogen-bond acceptors (Lipinski definition) is 5. The lowest BCUT2D eigenvalue weighted by atomic mass is 9.90. The van der Waals surface area contributed by atoms with Crippen molar-refractivity contribution in [1.29, 1.82) is 0 Å². The van der Waals surface area contributed by atoms with Crippen molar-refractivity contribution in [3.05, 3.63) is 11.4 Å². The Labute approximate surface area is 115 Å². The van der Waals surface area contributed by atoms with Crippen molar-refractivity contribution in [2.24, 2.45) is 0 Å². The fourth-order valence-corrected chi connectivity index (χ4v) is 2.71. The van der Waals surface area contributed by atoms with Crippen molar-refractivity contribution in [1.82, 2.24) is 20.5 Å². The number of rotatable bonds is 4. The number of aromatic nitrogens is 3. The van der Waals surface area contributed by atoms with Crippen LogP contribution in [0.5, 0.6) is 0 Å². The second-order valence-corrected chi connectivity index (χ2v) is 5.46. The highest BCUT2D eigenvalue weighted by Gasteiger charge is 2.25. The Morgan fingerprint density at radius 1 is 1.11 bits per heavy atom. The van der Waals surface area contributed by atoms with E-state index >= 15 is 0 Å². The minimum Gasteiger partial charge on any atom is -0.340 e. The van der Waals surface area contributed by atoms with Gasteiger partial charge in [0.2, 0.25) is 5.95 Å². The van der Waals surface area contributed by atoms with E-state index in [0.29, 0.717) is 12.1 Å². The van der Waals surface area contributed by atoms with Gasteiger partial charge in [0.1, 0.15) is 0 Å². The molecule has 0 aromatic carbocycles. The van der Waals surface area contributed by atoms with Crippen LogP contribution in [0.15, 0.2) is 0 Å². The molecule has 19 heavy (non-hydrogen) atoms. The summed E-state index contributed by atoms with van der Waals surface area (Å²) in [4.78, 5) is 6.74. The molecule has 0 unspecified atom stereocenters. The molecule has 1 saturated carbocycles. The van der Waals surface area contributed by atoms with Crippen LogP contribution < -0.4 is 10.2 Å². The van der Waals surface area contributed by atoms with Crippen LogP contribution in [0, 0.1) is 13.8 Å². The summed E-state index contributed by atoms with van der Waals surface area (Å²) in [7, 11) is 2.09. The predicted octanol–water partition coefficient (Wildman–Crippen LogP) is 1.85. The number of hydrogen-bond donors (Lipinski definition) is 1. The van der Waals surface area contributed by atoms with Crippen LogP contribution in [0.3, 0.4) is 0 Å². The molecule has 2 rings (SSSR count). The van der Waals surface area contributed by atoms with Gasteiger partial charge in [0.25, 0.3) is 0 Å². The Kier molecular flexibility index (Phi) is 4.69. The summed E-state index contributed by atoms with van der Waals surface area (Å²) in [6.45, 7) is 7.17. The molecule has 5 heteroatoms. The van der Waals surface area contributed by atoms with Crippen LogP contribution in [0.1, 0.15) is 44.0 Å². The van der Waals surface area contributed by atoms with E-state index in [1.165, 1.54) is 25.7 Å². The normalized spacial score (nSPS) is 23.4. The van der Waals surface area contributed by atoms with Crippen molar-refractivity contribution in [3.63, 3.8) is 0 Å². The molecule has 1 aromatic heterocycles. The summed E-state index contributed by atoms with van der Waals surface area (Å²) < 4.78 is 0. The van der Waals surface area contributed by atoms with Gasteiger partial charge in [-0.2, -0.15) is 5.10 Å². The van der Waals surface area contributed by atoms with E-state index in [1.807, 2.05) is 13.8 Å². The summed E-state index contributed by atoms with van der Waals surface area (Å²) in [5.41, 5.74) is 1.88. The van der Waals surface area contributed by atoms with Gasteiger partial charge < -0.3 is 10.2 Å². The van der Waals surface area contributed by atoms with Gasteiger partial charge in [-0.15, -0.1) is 5.10 Å². The fraction of sp³-hybridized carbons (Fsp3) is 0.786. The molecule has 106 valence electrons. The minimum absolute atomic E-state index is 0.541. The first-order chi connectivity index (χ1) is 9.11. The summed E-state index contributed by atoms with van der Waals surface area (Å²) in [5, 5.41) is 11.9. The lowest BCUT2D eigenvalue weighted by Crippen LogP contribution is -2.41. The van der Waals surface area contributed by atoms with Gasteiger partial charge in [0.05, 0.1) is 11.4 Å². The van der Waals surface area contributed by atoms with Gasteiger partial charge in [-0.05, 0) is 46.1 Å². The van der Waals surface area contributed by atoms with Crippen LogP contribution in [-0.4, -0.2) is 40.9 Å². The van der Waals surface area contributed by atoms with Crippen molar-refractivity contribution in [3.8, 4) is 0 Å². The Bertz CT molecular complexity index is 412. The van der Waals surface area contributed by atoms with Crippen LogP contribution >= 0.6 is 0 Å². The van der Waals surface area contributed by atoms with Crippen molar-refractivity contribution >= 4 is 5.95 Å². The van der Waals surface area contributed by atoms with E-state index in [0.717, 1.165) is 23.9 Å². The lowest BCUT2D eigenvalue weighted by Gasteiger charge is -2.34. The summed E-state index contributed by atoms with van der Waals surface area (Å²) in [6.07, 6.45) is 4.87. The van der Waals surface area contributed by atoms with E-state index in [-0.39, 0.29) is 0 Å². The second kappa shape index (κ2) is 6.28. The zero-order valence-corrected chi connectivity index (χ0v) is 12.5. The zero-order valence-electron chi connectivity index (χ0n) is 12.5. The predicted molar refractivity (Wildman–Crippen MR) is 77.4 cm³/mol. The summed E-state index contributed by atoms with van der Waals surface area (Å²) >= 11 is 0. The number of nitrogens with zero attached hydrogens (tertiary/aromatic N) is 4. The highest BCUT2D eigenvalue weighted by atomic mass is 15.3. The average Bonchev–Trinajstić information content (AvgIpc) is 2.42. The molecule has 0 amide bonds. The third-order valence-corrected chi connectivity index (χ3v) is 4.13. The molecule has 0 atom stereocenters. The zero-order chi connectivity index (χ0) is 13.8. The van der Waals surface area contributed by atoms with E-state index in [2.05, 4.69) is 39.4 Å². The number of anilines is 1. The summed E-state index contributed by atoms with van der Waals surface area (Å²) in [6, 6.07) is 1.23. The minimum atomic E-state index is 0.541. The Morgan fingerprint density at radius 3 is 2.37 bits per heavy atom. The molecule has 5 nitrogen and oxygen atoms in total. The van der Waals surface area contributed by atoms with E-state index in [9.17, 15) is 0 Å². The van der Waals surface area contributed by atoms with Crippen LogP contribution in [0.4, 0.5) is 5.95 Å².